The van der Waals surface area contributed by atoms with E-state index in [0.29, 0.717) is 21.8 Å². The second kappa shape index (κ2) is 9.49. The number of benzene rings is 2. The van der Waals surface area contributed by atoms with Crippen molar-refractivity contribution in [3.8, 4) is 0 Å². The van der Waals surface area contributed by atoms with E-state index < -0.39 is 10.0 Å². The molecule has 0 radical (unpaired) electrons. The summed E-state index contributed by atoms with van der Waals surface area (Å²) in [5.74, 6) is -0.569. The molecule has 0 unspecified atom stereocenters. The second-order valence-corrected chi connectivity index (χ2v) is 8.95. The van der Waals surface area contributed by atoms with Crippen LogP contribution in [0.15, 0.2) is 77.0 Å². The summed E-state index contributed by atoms with van der Waals surface area (Å²) in [7, 11) is -2.15. The molecule has 154 valence electrons. The lowest BCUT2D eigenvalue weighted by molar-refractivity contribution is -0.111. The minimum Gasteiger partial charge on any atom is -0.322 e. The molecule has 0 fully saturated rings. The molecule has 3 aromatic rings. The Morgan fingerprint density at radius 3 is 2.27 bits per heavy atom. The number of rotatable bonds is 7. The van der Waals surface area contributed by atoms with E-state index in [1.807, 2.05) is 5.38 Å². The maximum absolute atomic E-state index is 12.2. The lowest BCUT2D eigenvalue weighted by Gasteiger charge is -2.07. The fraction of sp³-hybridized carbons (Fsp3) is 0.0476. The van der Waals surface area contributed by atoms with Crippen molar-refractivity contribution in [2.24, 2.45) is 0 Å². The van der Waals surface area contributed by atoms with Gasteiger partial charge in [-0.2, -0.15) is 0 Å². The van der Waals surface area contributed by atoms with E-state index in [2.05, 4.69) is 15.4 Å². The van der Waals surface area contributed by atoms with Crippen LogP contribution in [0.25, 0.3) is 6.08 Å². The average molecular weight is 442 g/mol. The van der Waals surface area contributed by atoms with Crippen molar-refractivity contribution in [3.05, 3.63) is 82.6 Å². The Morgan fingerprint density at radius 1 is 0.933 bits per heavy atom. The zero-order valence-corrected chi connectivity index (χ0v) is 17.6. The molecule has 0 atom stereocenters. The van der Waals surface area contributed by atoms with E-state index >= 15 is 0 Å². The molecule has 0 bridgehead atoms. The summed E-state index contributed by atoms with van der Waals surface area (Å²) in [6.07, 6.45) is 2.92. The summed E-state index contributed by atoms with van der Waals surface area (Å²) in [5.41, 5.74) is 1.78. The van der Waals surface area contributed by atoms with Crippen LogP contribution in [0.1, 0.15) is 15.2 Å². The maximum atomic E-state index is 12.2. The van der Waals surface area contributed by atoms with Crippen molar-refractivity contribution in [2.75, 3.05) is 17.7 Å². The molecule has 0 aliphatic rings. The molecular weight excluding hydrogens is 422 g/mol. The van der Waals surface area contributed by atoms with Gasteiger partial charge in [0.05, 0.1) is 9.77 Å². The molecule has 0 saturated carbocycles. The van der Waals surface area contributed by atoms with E-state index in [-0.39, 0.29) is 16.7 Å². The Kier molecular flexibility index (Phi) is 6.78. The molecule has 3 rings (SSSR count). The molecule has 1 heterocycles. The smallest absolute Gasteiger partial charge is 0.265 e. The van der Waals surface area contributed by atoms with Crippen molar-refractivity contribution in [3.63, 3.8) is 0 Å². The van der Waals surface area contributed by atoms with Gasteiger partial charge in [-0.3, -0.25) is 9.59 Å². The molecule has 30 heavy (non-hydrogen) atoms. The standard InChI is InChI=1S/C21H19N3O4S2/c1-22-30(27,28)18-10-7-15(8-11-18)9-12-20(25)23-16-4-2-5-17(14-16)24-21(26)19-6-3-13-29-19/h2-14,22H,1H3,(H,23,25)(H,24,26)/b12-9+. The summed E-state index contributed by atoms with van der Waals surface area (Å²) in [4.78, 5) is 25.1. The predicted octanol–water partition coefficient (Wildman–Crippen LogP) is 3.56. The highest BCUT2D eigenvalue weighted by Crippen LogP contribution is 2.18. The van der Waals surface area contributed by atoms with Crippen molar-refractivity contribution >= 4 is 50.6 Å². The first-order chi connectivity index (χ1) is 14.4. The monoisotopic (exact) mass is 441 g/mol. The molecule has 0 aliphatic carbocycles. The number of thiophene rings is 1. The first kappa shape index (κ1) is 21.4. The fourth-order valence-corrected chi connectivity index (χ4v) is 3.86. The van der Waals surface area contributed by atoms with E-state index in [4.69, 9.17) is 0 Å². The molecule has 2 aromatic carbocycles. The summed E-state index contributed by atoms with van der Waals surface area (Å²) in [6, 6.07) is 16.5. The molecule has 0 aliphatic heterocycles. The van der Waals surface area contributed by atoms with Crippen LogP contribution >= 0.6 is 11.3 Å². The summed E-state index contributed by atoms with van der Waals surface area (Å²) >= 11 is 1.35. The van der Waals surface area contributed by atoms with Crippen molar-refractivity contribution in [1.82, 2.24) is 4.72 Å². The largest absolute Gasteiger partial charge is 0.322 e. The highest BCUT2D eigenvalue weighted by Gasteiger charge is 2.10. The first-order valence-electron chi connectivity index (χ1n) is 8.85. The van der Waals surface area contributed by atoms with Gasteiger partial charge in [-0.05, 0) is 60.5 Å². The van der Waals surface area contributed by atoms with Gasteiger partial charge < -0.3 is 10.6 Å². The minimum absolute atomic E-state index is 0.146. The van der Waals surface area contributed by atoms with Gasteiger partial charge in [-0.15, -0.1) is 11.3 Å². The SMILES string of the molecule is CNS(=O)(=O)c1ccc(/C=C/C(=O)Nc2cccc(NC(=O)c3cccs3)c2)cc1. The van der Waals surface area contributed by atoms with Gasteiger partial charge in [0.15, 0.2) is 0 Å². The van der Waals surface area contributed by atoms with E-state index in [1.54, 1.807) is 54.6 Å². The number of anilines is 2. The van der Waals surface area contributed by atoms with Gasteiger partial charge in [0, 0.05) is 17.5 Å². The topological polar surface area (TPSA) is 104 Å². The molecule has 1 aromatic heterocycles. The summed E-state index contributed by atoms with van der Waals surface area (Å²) < 4.78 is 25.7. The van der Waals surface area contributed by atoms with E-state index in [0.717, 1.165) is 0 Å². The van der Waals surface area contributed by atoms with Crippen LogP contribution in [0.3, 0.4) is 0 Å². The number of carbonyl (C=O) groups excluding carboxylic acids is 2. The zero-order valence-electron chi connectivity index (χ0n) is 16.0. The molecular formula is C21H19N3O4S2. The Hall–Kier alpha value is -3.27. The van der Waals surface area contributed by atoms with Gasteiger partial charge in [0.2, 0.25) is 15.9 Å². The van der Waals surface area contributed by atoms with Crippen LogP contribution in [0.4, 0.5) is 11.4 Å². The third kappa shape index (κ3) is 5.63. The predicted molar refractivity (Wildman–Crippen MR) is 119 cm³/mol. The van der Waals surface area contributed by atoms with Crippen LogP contribution in [0, 0.1) is 0 Å². The molecule has 9 heteroatoms. The van der Waals surface area contributed by atoms with E-state index in [9.17, 15) is 18.0 Å². The molecule has 2 amide bonds. The average Bonchev–Trinajstić information content (AvgIpc) is 3.28. The van der Waals surface area contributed by atoms with Crippen LogP contribution in [-0.2, 0) is 14.8 Å². The van der Waals surface area contributed by atoms with Crippen LogP contribution < -0.4 is 15.4 Å². The van der Waals surface area contributed by atoms with Gasteiger partial charge in [-0.1, -0.05) is 24.3 Å². The first-order valence-corrected chi connectivity index (χ1v) is 11.2. The number of nitrogens with one attached hydrogen (secondary N) is 3. The third-order valence-corrected chi connectivity index (χ3v) is 6.32. The maximum Gasteiger partial charge on any atom is 0.265 e. The van der Waals surface area contributed by atoms with Crippen LogP contribution in [-0.4, -0.2) is 27.3 Å². The quantitative estimate of drug-likeness (QED) is 0.488. The zero-order chi connectivity index (χ0) is 21.6. The van der Waals surface area contributed by atoms with Gasteiger partial charge in [0.1, 0.15) is 0 Å². The van der Waals surface area contributed by atoms with Gasteiger partial charge >= 0.3 is 0 Å². The Morgan fingerprint density at radius 2 is 1.63 bits per heavy atom. The van der Waals surface area contributed by atoms with Gasteiger partial charge in [0.25, 0.3) is 5.91 Å². The van der Waals surface area contributed by atoms with Gasteiger partial charge in [-0.25, -0.2) is 13.1 Å². The summed E-state index contributed by atoms with van der Waals surface area (Å²) in [6.45, 7) is 0. The molecule has 7 nitrogen and oxygen atoms in total. The minimum atomic E-state index is -3.50. The van der Waals surface area contributed by atoms with Crippen LogP contribution in [0.5, 0.6) is 0 Å². The highest BCUT2D eigenvalue weighted by atomic mass is 32.2. The van der Waals surface area contributed by atoms with Crippen molar-refractivity contribution in [2.45, 2.75) is 4.90 Å². The van der Waals surface area contributed by atoms with E-state index in [1.165, 1.54) is 36.6 Å². The number of carbonyl (C=O) groups is 2. The van der Waals surface area contributed by atoms with Crippen molar-refractivity contribution < 1.29 is 18.0 Å². The second-order valence-electron chi connectivity index (χ2n) is 6.11. The molecule has 3 N–H and O–H groups in total. The number of amides is 2. The third-order valence-electron chi connectivity index (χ3n) is 4.02. The fourth-order valence-electron chi connectivity index (χ4n) is 2.51. The number of sulfonamides is 1. The lowest BCUT2D eigenvalue weighted by atomic mass is 10.2. The molecule has 0 spiro atoms. The van der Waals surface area contributed by atoms with Crippen molar-refractivity contribution in [1.29, 1.82) is 0 Å². The Bertz CT molecular complexity index is 1170. The molecule has 0 saturated heterocycles. The lowest BCUT2D eigenvalue weighted by Crippen LogP contribution is -2.18. The Balaban J connectivity index is 1.61. The normalized spacial score (nSPS) is 11.4. The summed E-state index contributed by atoms with van der Waals surface area (Å²) in [5, 5.41) is 7.34. The Labute approximate surface area is 178 Å². The van der Waals surface area contributed by atoms with Crippen LogP contribution in [0.2, 0.25) is 0 Å². The number of hydrogen-bond donors (Lipinski definition) is 3. The highest BCUT2D eigenvalue weighted by molar-refractivity contribution is 7.89. The number of hydrogen-bond acceptors (Lipinski definition) is 5.